The summed E-state index contributed by atoms with van der Waals surface area (Å²) in [5.74, 6) is 5.27. The van der Waals surface area contributed by atoms with Crippen LogP contribution in [-0.4, -0.2) is 61.8 Å². The van der Waals surface area contributed by atoms with E-state index in [0.29, 0.717) is 0 Å². The van der Waals surface area contributed by atoms with Gasteiger partial charge in [-0.25, -0.2) is 4.79 Å². The predicted molar refractivity (Wildman–Crippen MR) is 64.2 cm³/mol. The second-order valence-electron chi connectivity index (χ2n) is 3.34. The van der Waals surface area contributed by atoms with E-state index in [4.69, 9.17) is 16.6 Å². The van der Waals surface area contributed by atoms with Crippen molar-refractivity contribution in [3.05, 3.63) is 0 Å². The summed E-state index contributed by atoms with van der Waals surface area (Å²) in [5.41, 5.74) is 0. The van der Waals surface area contributed by atoms with Crippen molar-refractivity contribution in [1.29, 1.82) is 0 Å². The fourth-order valence-electron chi connectivity index (χ4n) is 0.940. The summed E-state index contributed by atoms with van der Waals surface area (Å²) in [6, 6.07) is 2.00. The topological polar surface area (TPSA) is 147 Å². The number of carboxylic acids is 1. The Bertz CT molecular complexity index is 528. The lowest BCUT2D eigenvalue weighted by atomic mass is 10.0. The van der Waals surface area contributed by atoms with Gasteiger partial charge < -0.3 is 25.5 Å². The number of aliphatic hydroxyl groups excluding tert-OH is 4. The van der Waals surface area contributed by atoms with Gasteiger partial charge in [-0.15, -0.1) is 6.42 Å². The van der Waals surface area contributed by atoms with E-state index in [-0.39, 0.29) is 0 Å². The summed E-state index contributed by atoms with van der Waals surface area (Å²) < 4.78 is 0. The quantitative estimate of drug-likeness (QED) is 0.224. The third-order valence-electron chi connectivity index (χ3n) is 1.96. The van der Waals surface area contributed by atoms with E-state index in [1.54, 1.807) is 0 Å². The number of carbonyl (C=O) groups is 2. The molecule has 0 fully saturated rings. The number of carboxylic acid groups (broad SMARTS) is 1. The maximum Gasteiger partial charge on any atom is 0.335 e. The average Bonchev–Trinajstić information content (AvgIpc) is 2.43. The van der Waals surface area contributed by atoms with Crippen molar-refractivity contribution in [2.45, 2.75) is 24.4 Å². The lowest BCUT2D eigenvalue weighted by Gasteiger charge is -2.23. The Kier molecular flexibility index (Phi) is 7.46. The summed E-state index contributed by atoms with van der Waals surface area (Å²) in [4.78, 5) is 21.6. The third kappa shape index (κ3) is 5.40. The molecule has 0 aromatic heterocycles. The van der Waals surface area contributed by atoms with E-state index in [1.807, 2.05) is 17.3 Å². The van der Waals surface area contributed by atoms with Crippen LogP contribution in [-0.2, 0) is 9.59 Å². The fourth-order valence-corrected chi connectivity index (χ4v) is 0.940. The first-order valence-corrected chi connectivity index (χ1v) is 5.03. The SMILES string of the molecule is C#CC#CC#CNC(=O)[C@@H](O)[C@H](O)[C@@H](O)[C@@H](O)C(=O)O. The number of hydrogen-bond donors (Lipinski definition) is 6. The van der Waals surface area contributed by atoms with Crippen molar-refractivity contribution in [2.24, 2.45) is 0 Å². The van der Waals surface area contributed by atoms with Gasteiger partial charge in [0, 0.05) is 17.9 Å². The molecule has 0 aliphatic carbocycles. The lowest BCUT2D eigenvalue weighted by molar-refractivity contribution is -0.166. The Balaban J connectivity index is 4.60. The van der Waals surface area contributed by atoms with Gasteiger partial charge in [-0.1, -0.05) is 0 Å². The van der Waals surface area contributed by atoms with E-state index in [2.05, 4.69) is 17.8 Å². The third-order valence-corrected chi connectivity index (χ3v) is 1.96. The molecule has 106 valence electrons. The number of nitrogens with one attached hydrogen (secondary N) is 1. The Hall–Kier alpha value is -2.54. The van der Waals surface area contributed by atoms with Gasteiger partial charge in [0.2, 0.25) is 0 Å². The second kappa shape index (κ2) is 8.54. The molecular weight excluding hydrogens is 270 g/mol. The van der Waals surface area contributed by atoms with Crippen LogP contribution in [0.2, 0.25) is 0 Å². The van der Waals surface area contributed by atoms with E-state index in [0.717, 1.165) is 0 Å². The number of amides is 1. The van der Waals surface area contributed by atoms with Crippen molar-refractivity contribution in [3.63, 3.8) is 0 Å². The van der Waals surface area contributed by atoms with Crippen LogP contribution < -0.4 is 5.32 Å². The summed E-state index contributed by atoms with van der Waals surface area (Å²) in [5, 5.41) is 47.0. The molecule has 0 aromatic rings. The minimum absolute atomic E-state index is 1.22. The smallest absolute Gasteiger partial charge is 0.335 e. The largest absolute Gasteiger partial charge is 0.479 e. The monoisotopic (exact) mass is 281 g/mol. The van der Waals surface area contributed by atoms with Crippen LogP contribution in [0.1, 0.15) is 0 Å². The van der Waals surface area contributed by atoms with Gasteiger partial charge in [0.1, 0.15) is 12.2 Å². The van der Waals surface area contributed by atoms with Gasteiger partial charge in [-0.3, -0.25) is 10.1 Å². The summed E-state index contributed by atoms with van der Waals surface area (Å²) in [7, 11) is 0. The number of carbonyl (C=O) groups excluding carboxylic acids is 1. The highest BCUT2D eigenvalue weighted by Gasteiger charge is 2.37. The molecule has 0 bridgehead atoms. The van der Waals surface area contributed by atoms with Gasteiger partial charge >= 0.3 is 5.97 Å². The van der Waals surface area contributed by atoms with Crippen molar-refractivity contribution in [1.82, 2.24) is 5.32 Å². The zero-order valence-electron chi connectivity index (χ0n) is 9.94. The molecule has 0 spiro atoms. The van der Waals surface area contributed by atoms with Crippen LogP contribution >= 0.6 is 0 Å². The molecule has 0 heterocycles. The summed E-state index contributed by atoms with van der Waals surface area (Å²) >= 11 is 0. The minimum atomic E-state index is -2.36. The first-order valence-electron chi connectivity index (χ1n) is 5.03. The maximum absolute atomic E-state index is 11.3. The van der Waals surface area contributed by atoms with E-state index < -0.39 is 36.3 Å². The van der Waals surface area contributed by atoms with Gasteiger partial charge in [0.25, 0.3) is 5.91 Å². The first-order chi connectivity index (χ1) is 9.32. The molecular formula is C12H11NO7. The standard InChI is InChI=1S/C12H11NO7/c1-2-3-4-5-6-13-11(18)9(16)7(14)8(15)10(17)12(19)20/h1,7-10,14-17H,(H,13,18)(H,19,20)/t7-,8-,9+,10-/m1/s1. The second-order valence-corrected chi connectivity index (χ2v) is 3.34. The van der Waals surface area contributed by atoms with Crippen LogP contribution in [0.15, 0.2) is 0 Å². The van der Waals surface area contributed by atoms with E-state index >= 15 is 0 Å². The molecule has 0 aliphatic heterocycles. The van der Waals surface area contributed by atoms with E-state index in [1.165, 1.54) is 0 Å². The molecule has 6 N–H and O–H groups in total. The van der Waals surface area contributed by atoms with Crippen molar-refractivity contribution in [3.8, 4) is 36.1 Å². The van der Waals surface area contributed by atoms with Crippen LogP contribution in [0.5, 0.6) is 0 Å². The van der Waals surface area contributed by atoms with Gasteiger partial charge in [-0.05, 0) is 11.8 Å². The van der Waals surface area contributed by atoms with Crippen LogP contribution in [0, 0.1) is 36.1 Å². The highest BCUT2D eigenvalue weighted by atomic mass is 16.4. The van der Waals surface area contributed by atoms with Gasteiger partial charge in [0.15, 0.2) is 12.2 Å². The van der Waals surface area contributed by atoms with Crippen molar-refractivity contribution in [2.75, 3.05) is 0 Å². The molecule has 1 amide bonds. The first kappa shape index (κ1) is 17.5. The normalized spacial score (nSPS) is 14.9. The molecule has 8 nitrogen and oxygen atoms in total. The molecule has 0 radical (unpaired) electrons. The molecule has 0 aliphatic rings. The Morgan fingerprint density at radius 1 is 0.950 bits per heavy atom. The van der Waals surface area contributed by atoms with Gasteiger partial charge in [0.05, 0.1) is 0 Å². The minimum Gasteiger partial charge on any atom is -0.479 e. The Morgan fingerprint density at radius 2 is 1.50 bits per heavy atom. The fraction of sp³-hybridized carbons (Fsp3) is 0.333. The number of rotatable bonds is 5. The molecule has 0 saturated heterocycles. The maximum atomic E-state index is 11.3. The van der Waals surface area contributed by atoms with Crippen LogP contribution in [0.3, 0.4) is 0 Å². The highest BCUT2D eigenvalue weighted by molar-refractivity contribution is 5.83. The zero-order chi connectivity index (χ0) is 15.7. The summed E-state index contributed by atoms with van der Waals surface area (Å²) in [6.07, 6.45) is -4.25. The van der Waals surface area contributed by atoms with Crippen LogP contribution in [0.25, 0.3) is 0 Å². The number of hydrogen-bond acceptors (Lipinski definition) is 6. The number of aliphatic hydroxyl groups is 4. The van der Waals surface area contributed by atoms with Crippen molar-refractivity contribution < 1.29 is 35.1 Å². The molecule has 0 aromatic carbocycles. The Labute approximate surface area is 114 Å². The van der Waals surface area contributed by atoms with E-state index in [9.17, 15) is 24.9 Å². The number of terminal acetylenes is 1. The van der Waals surface area contributed by atoms with Crippen LogP contribution in [0.4, 0.5) is 0 Å². The average molecular weight is 281 g/mol. The lowest BCUT2D eigenvalue weighted by Crippen LogP contribution is -2.52. The highest BCUT2D eigenvalue weighted by Crippen LogP contribution is 2.05. The summed E-state index contributed by atoms with van der Waals surface area (Å²) in [6.45, 7) is 0. The molecule has 0 saturated carbocycles. The molecule has 0 unspecified atom stereocenters. The Morgan fingerprint density at radius 3 is 2.00 bits per heavy atom. The predicted octanol–water partition coefficient (Wildman–Crippen LogP) is -3.77. The van der Waals surface area contributed by atoms with Gasteiger partial charge in [-0.2, -0.15) is 0 Å². The molecule has 0 rings (SSSR count). The molecule has 8 heteroatoms. The van der Waals surface area contributed by atoms with Crippen molar-refractivity contribution >= 4 is 11.9 Å². The number of aliphatic carboxylic acids is 1. The molecule has 4 atom stereocenters. The zero-order valence-corrected chi connectivity index (χ0v) is 9.94. The molecule has 20 heavy (non-hydrogen) atoms.